The summed E-state index contributed by atoms with van der Waals surface area (Å²) < 4.78 is 27.1. The summed E-state index contributed by atoms with van der Waals surface area (Å²) >= 11 is 3.19. The largest absolute Gasteiger partial charge is 0.311 e. The number of carbonyl (C=O) groups is 1. The Balaban J connectivity index is 2.33. The molecule has 0 unspecified atom stereocenters. The zero-order valence-corrected chi connectivity index (χ0v) is 11.6. The van der Waals surface area contributed by atoms with Crippen molar-refractivity contribution >= 4 is 27.5 Å². The number of hydrogen-bond acceptors (Lipinski definition) is 1. The molecule has 1 amide bonds. The lowest BCUT2D eigenvalue weighted by Crippen LogP contribution is -2.27. The minimum absolute atomic E-state index is 0.0406. The van der Waals surface area contributed by atoms with Crippen LogP contribution in [0, 0.1) is 11.6 Å². The summed E-state index contributed by atoms with van der Waals surface area (Å²) in [5, 5.41) is 0. The number of rotatable bonds is 2. The molecule has 0 fully saturated rings. The van der Waals surface area contributed by atoms with Crippen LogP contribution in [0.25, 0.3) is 0 Å². The number of anilines is 1. The Labute approximate surface area is 117 Å². The molecule has 0 bridgehead atoms. The van der Waals surface area contributed by atoms with E-state index in [0.29, 0.717) is 10.2 Å². The Bertz CT molecular complexity index is 613. The fraction of sp³-hybridized carbons (Fsp3) is 0.0714. The van der Waals surface area contributed by atoms with Crippen molar-refractivity contribution in [3.63, 3.8) is 0 Å². The molecular weight excluding hydrogens is 316 g/mol. The van der Waals surface area contributed by atoms with Gasteiger partial charge in [-0.15, -0.1) is 0 Å². The maximum absolute atomic E-state index is 13.6. The Morgan fingerprint density at radius 1 is 1.11 bits per heavy atom. The molecule has 5 heteroatoms. The van der Waals surface area contributed by atoms with Crippen molar-refractivity contribution in [2.75, 3.05) is 11.9 Å². The molecule has 98 valence electrons. The van der Waals surface area contributed by atoms with E-state index >= 15 is 0 Å². The zero-order valence-electron chi connectivity index (χ0n) is 10.0. The van der Waals surface area contributed by atoms with Gasteiger partial charge in [-0.25, -0.2) is 8.78 Å². The number of halogens is 3. The quantitative estimate of drug-likeness (QED) is 0.817. The van der Waals surface area contributed by atoms with E-state index in [-0.39, 0.29) is 5.56 Å². The SMILES string of the molecule is CN(C(=O)c1cc(Br)ccc1F)c1ccc(F)cc1. The van der Waals surface area contributed by atoms with Gasteiger partial charge < -0.3 is 4.90 Å². The van der Waals surface area contributed by atoms with Crippen LogP contribution in [0.3, 0.4) is 0 Å². The van der Waals surface area contributed by atoms with Gasteiger partial charge in [-0.1, -0.05) is 15.9 Å². The van der Waals surface area contributed by atoms with Gasteiger partial charge in [-0.2, -0.15) is 0 Å². The fourth-order valence-corrected chi connectivity index (χ4v) is 1.99. The van der Waals surface area contributed by atoms with Gasteiger partial charge in [0.05, 0.1) is 5.56 Å². The normalized spacial score (nSPS) is 10.3. The number of hydrogen-bond donors (Lipinski definition) is 0. The highest BCUT2D eigenvalue weighted by atomic mass is 79.9. The Kier molecular flexibility index (Phi) is 3.95. The maximum atomic E-state index is 13.6. The van der Waals surface area contributed by atoms with E-state index in [1.54, 1.807) is 0 Å². The van der Waals surface area contributed by atoms with Gasteiger partial charge in [0.25, 0.3) is 5.91 Å². The molecule has 0 N–H and O–H groups in total. The molecule has 2 nitrogen and oxygen atoms in total. The maximum Gasteiger partial charge on any atom is 0.261 e. The van der Waals surface area contributed by atoms with Gasteiger partial charge >= 0.3 is 0 Å². The third-order valence-corrected chi connectivity index (χ3v) is 3.17. The van der Waals surface area contributed by atoms with Gasteiger partial charge in [-0.05, 0) is 42.5 Å². The predicted molar refractivity (Wildman–Crippen MR) is 73.2 cm³/mol. The highest BCUT2D eigenvalue weighted by Crippen LogP contribution is 2.20. The van der Waals surface area contributed by atoms with Crippen LogP contribution >= 0.6 is 15.9 Å². The van der Waals surface area contributed by atoms with Crippen LogP contribution in [0.2, 0.25) is 0 Å². The van der Waals surface area contributed by atoms with Crippen molar-refractivity contribution in [3.8, 4) is 0 Å². The van der Waals surface area contributed by atoms with E-state index in [9.17, 15) is 13.6 Å². The number of amides is 1. The summed E-state index contributed by atoms with van der Waals surface area (Å²) in [6.07, 6.45) is 0. The second-order valence-electron chi connectivity index (χ2n) is 3.96. The monoisotopic (exact) mass is 325 g/mol. The fourth-order valence-electron chi connectivity index (χ4n) is 1.62. The van der Waals surface area contributed by atoms with Crippen LogP contribution in [0.1, 0.15) is 10.4 Å². The molecule has 0 spiro atoms. The van der Waals surface area contributed by atoms with Crippen LogP contribution in [-0.4, -0.2) is 13.0 Å². The van der Waals surface area contributed by atoms with Crippen LogP contribution in [0.5, 0.6) is 0 Å². The van der Waals surface area contributed by atoms with Gasteiger partial charge in [0.2, 0.25) is 0 Å². The van der Waals surface area contributed by atoms with Crippen molar-refractivity contribution in [1.29, 1.82) is 0 Å². The summed E-state index contributed by atoms with van der Waals surface area (Å²) in [6.45, 7) is 0. The predicted octanol–water partition coefficient (Wildman–Crippen LogP) is 4.00. The molecule has 0 saturated heterocycles. The first-order valence-electron chi connectivity index (χ1n) is 5.47. The van der Waals surface area contributed by atoms with E-state index in [1.165, 1.54) is 54.4 Å². The minimum Gasteiger partial charge on any atom is -0.311 e. The van der Waals surface area contributed by atoms with Gasteiger partial charge in [-0.3, -0.25) is 4.79 Å². The van der Waals surface area contributed by atoms with Gasteiger partial charge in [0.15, 0.2) is 0 Å². The Morgan fingerprint density at radius 3 is 2.37 bits per heavy atom. The van der Waals surface area contributed by atoms with Gasteiger partial charge in [0.1, 0.15) is 11.6 Å². The number of nitrogens with zero attached hydrogens (tertiary/aromatic N) is 1. The first kappa shape index (κ1) is 13.7. The van der Waals surface area contributed by atoms with Crippen molar-refractivity contribution in [2.45, 2.75) is 0 Å². The molecule has 0 atom stereocenters. The summed E-state index contributed by atoms with van der Waals surface area (Å²) in [7, 11) is 1.51. The molecule has 0 aromatic heterocycles. The van der Waals surface area contributed by atoms with Crippen molar-refractivity contribution < 1.29 is 13.6 Å². The lowest BCUT2D eigenvalue weighted by Gasteiger charge is -2.17. The molecule has 0 aliphatic heterocycles. The molecule has 2 aromatic rings. The van der Waals surface area contributed by atoms with E-state index < -0.39 is 17.5 Å². The second-order valence-corrected chi connectivity index (χ2v) is 4.88. The highest BCUT2D eigenvalue weighted by Gasteiger charge is 2.17. The Hall–Kier alpha value is -1.75. The van der Waals surface area contributed by atoms with Crippen LogP contribution in [0.4, 0.5) is 14.5 Å². The number of benzene rings is 2. The summed E-state index contributed by atoms with van der Waals surface area (Å²) in [5.74, 6) is -1.48. The molecule has 0 aliphatic rings. The topological polar surface area (TPSA) is 20.3 Å². The summed E-state index contributed by atoms with van der Waals surface area (Å²) in [5.41, 5.74) is 0.451. The standard InChI is InChI=1S/C14H10BrF2NO/c1-18(11-5-3-10(16)4-6-11)14(19)12-8-9(15)2-7-13(12)17/h2-8H,1H3. The third kappa shape index (κ3) is 2.98. The third-order valence-electron chi connectivity index (χ3n) is 2.68. The minimum atomic E-state index is -0.595. The average Bonchev–Trinajstić information content (AvgIpc) is 2.41. The van der Waals surface area contributed by atoms with E-state index in [2.05, 4.69) is 15.9 Å². The lowest BCUT2D eigenvalue weighted by atomic mass is 10.1. The second kappa shape index (κ2) is 5.48. The van der Waals surface area contributed by atoms with E-state index in [1.807, 2.05) is 0 Å². The first-order chi connectivity index (χ1) is 8.99. The molecular formula is C14H10BrF2NO. The molecule has 2 rings (SSSR count). The molecule has 0 aliphatic carbocycles. The smallest absolute Gasteiger partial charge is 0.261 e. The molecule has 0 heterocycles. The molecule has 19 heavy (non-hydrogen) atoms. The molecule has 0 radical (unpaired) electrons. The van der Waals surface area contributed by atoms with E-state index in [0.717, 1.165) is 0 Å². The summed E-state index contributed by atoms with van der Waals surface area (Å²) in [6, 6.07) is 9.57. The Morgan fingerprint density at radius 2 is 1.74 bits per heavy atom. The molecule has 0 saturated carbocycles. The summed E-state index contributed by atoms with van der Waals surface area (Å²) in [4.78, 5) is 13.4. The highest BCUT2D eigenvalue weighted by molar-refractivity contribution is 9.10. The van der Waals surface area contributed by atoms with Crippen LogP contribution in [-0.2, 0) is 0 Å². The van der Waals surface area contributed by atoms with Crippen LogP contribution < -0.4 is 4.90 Å². The first-order valence-corrected chi connectivity index (χ1v) is 6.27. The lowest BCUT2D eigenvalue weighted by molar-refractivity contribution is 0.0989. The van der Waals surface area contributed by atoms with Gasteiger partial charge in [0, 0.05) is 17.2 Å². The zero-order chi connectivity index (χ0) is 14.0. The van der Waals surface area contributed by atoms with Crippen LogP contribution in [0.15, 0.2) is 46.9 Å². The van der Waals surface area contributed by atoms with Crippen molar-refractivity contribution in [2.24, 2.45) is 0 Å². The average molecular weight is 326 g/mol. The van der Waals surface area contributed by atoms with Crippen molar-refractivity contribution in [1.82, 2.24) is 0 Å². The number of carbonyl (C=O) groups excluding carboxylic acids is 1. The van der Waals surface area contributed by atoms with E-state index in [4.69, 9.17) is 0 Å². The molecule has 2 aromatic carbocycles. The van der Waals surface area contributed by atoms with Crippen molar-refractivity contribution in [3.05, 3.63) is 64.1 Å².